The van der Waals surface area contributed by atoms with Gasteiger partial charge in [0, 0.05) is 16.3 Å². The van der Waals surface area contributed by atoms with Crippen LogP contribution < -0.4 is 5.32 Å². The van der Waals surface area contributed by atoms with Crippen molar-refractivity contribution in [2.75, 3.05) is 17.7 Å². The molecule has 134 valence electrons. The molecular formula is C18H20ClNO3S2. The highest BCUT2D eigenvalue weighted by Crippen LogP contribution is 2.25. The predicted molar refractivity (Wildman–Crippen MR) is 106 cm³/mol. The molecule has 0 atom stereocenters. The Bertz CT molecular complexity index is 731. The average molecular weight is 398 g/mol. The van der Waals surface area contributed by atoms with Crippen LogP contribution in [0.4, 0.5) is 5.69 Å². The van der Waals surface area contributed by atoms with Crippen LogP contribution in [-0.2, 0) is 20.1 Å². The third kappa shape index (κ3) is 6.72. The van der Waals surface area contributed by atoms with Crippen molar-refractivity contribution in [3.63, 3.8) is 0 Å². The monoisotopic (exact) mass is 397 g/mol. The summed E-state index contributed by atoms with van der Waals surface area (Å²) in [5.41, 5.74) is 1.80. The lowest BCUT2D eigenvalue weighted by Gasteiger charge is -2.13. The number of hydrogen-bond donors (Lipinski definition) is 1. The molecule has 1 heterocycles. The van der Waals surface area contributed by atoms with Crippen molar-refractivity contribution in [3.8, 4) is 0 Å². The van der Waals surface area contributed by atoms with E-state index in [1.54, 1.807) is 0 Å². The molecule has 0 radical (unpaired) electrons. The van der Waals surface area contributed by atoms with E-state index in [9.17, 15) is 9.59 Å². The van der Waals surface area contributed by atoms with Gasteiger partial charge in [0.05, 0.1) is 10.1 Å². The van der Waals surface area contributed by atoms with Crippen LogP contribution >= 0.6 is 34.7 Å². The van der Waals surface area contributed by atoms with Crippen LogP contribution in [-0.4, -0.2) is 24.2 Å². The Morgan fingerprint density at radius 1 is 1.24 bits per heavy atom. The van der Waals surface area contributed by atoms with Gasteiger partial charge in [-0.15, -0.1) is 23.1 Å². The number of carbonyl (C=O) groups excluding carboxylic acids is 2. The number of halogens is 1. The van der Waals surface area contributed by atoms with Gasteiger partial charge in [-0.2, -0.15) is 0 Å². The Morgan fingerprint density at radius 3 is 2.68 bits per heavy atom. The summed E-state index contributed by atoms with van der Waals surface area (Å²) in [6.45, 7) is 3.84. The normalized spacial score (nSPS) is 10.7. The maximum atomic E-state index is 12.0. The number of ether oxygens (including phenoxy) is 1. The minimum Gasteiger partial charge on any atom is -0.455 e. The largest absolute Gasteiger partial charge is 0.455 e. The number of thiophene rings is 1. The maximum Gasteiger partial charge on any atom is 0.316 e. The van der Waals surface area contributed by atoms with Crippen molar-refractivity contribution in [2.45, 2.75) is 25.5 Å². The van der Waals surface area contributed by atoms with Gasteiger partial charge in [0.25, 0.3) is 5.91 Å². The fourth-order valence-corrected chi connectivity index (χ4v) is 4.17. The zero-order chi connectivity index (χ0) is 18.2. The molecule has 25 heavy (non-hydrogen) atoms. The van der Waals surface area contributed by atoms with E-state index in [-0.39, 0.29) is 18.3 Å². The number of hydrogen-bond acceptors (Lipinski definition) is 5. The van der Waals surface area contributed by atoms with Gasteiger partial charge in [-0.1, -0.05) is 43.6 Å². The van der Waals surface area contributed by atoms with E-state index in [1.807, 2.05) is 36.4 Å². The lowest BCUT2D eigenvalue weighted by Crippen LogP contribution is -2.22. The van der Waals surface area contributed by atoms with Gasteiger partial charge in [-0.25, -0.2) is 0 Å². The number of anilines is 1. The third-order valence-electron chi connectivity index (χ3n) is 3.31. The van der Waals surface area contributed by atoms with E-state index >= 15 is 0 Å². The van der Waals surface area contributed by atoms with Crippen LogP contribution in [0.25, 0.3) is 0 Å². The molecule has 0 unspecified atom stereocenters. The number of amides is 1. The first-order chi connectivity index (χ1) is 12.0. The first-order valence-electron chi connectivity index (χ1n) is 7.82. The third-order valence-corrected chi connectivity index (χ3v) is 5.68. The molecular weight excluding hydrogens is 378 g/mol. The lowest BCUT2D eigenvalue weighted by molar-refractivity contribution is -0.144. The number of para-hydroxylation sites is 1. The molecule has 2 rings (SSSR count). The minimum atomic E-state index is -0.403. The van der Waals surface area contributed by atoms with Crippen molar-refractivity contribution < 1.29 is 14.3 Å². The van der Waals surface area contributed by atoms with Crippen molar-refractivity contribution >= 4 is 52.3 Å². The number of rotatable bonds is 8. The molecule has 1 amide bonds. The fourth-order valence-electron chi connectivity index (χ4n) is 2.15. The van der Waals surface area contributed by atoms with Crippen LogP contribution in [0.15, 0.2) is 36.4 Å². The summed E-state index contributed by atoms with van der Waals surface area (Å²) in [4.78, 5) is 24.8. The van der Waals surface area contributed by atoms with Crippen LogP contribution in [0, 0.1) is 0 Å². The Morgan fingerprint density at radius 2 is 2.00 bits per heavy atom. The molecule has 1 N–H and O–H groups in total. The summed E-state index contributed by atoms with van der Waals surface area (Å²) in [7, 11) is 0. The standard InChI is InChI=1S/C18H20ClNO3S2/c1-12(2)14-5-3-4-6-15(14)20-17(21)9-23-18(22)11-24-10-13-7-8-16(19)25-13/h3-8,12H,9-11H2,1-2H3,(H,20,21). The van der Waals surface area contributed by atoms with Gasteiger partial charge in [0.2, 0.25) is 0 Å². The Kier molecular flexibility index (Phi) is 7.81. The molecule has 0 bridgehead atoms. The smallest absolute Gasteiger partial charge is 0.316 e. The SMILES string of the molecule is CC(C)c1ccccc1NC(=O)COC(=O)CSCc1ccc(Cl)s1. The van der Waals surface area contributed by atoms with Gasteiger partial charge in [0.1, 0.15) is 0 Å². The van der Waals surface area contributed by atoms with Crippen molar-refractivity contribution in [2.24, 2.45) is 0 Å². The molecule has 0 fully saturated rings. The number of carbonyl (C=O) groups is 2. The van der Waals surface area contributed by atoms with Gasteiger partial charge >= 0.3 is 5.97 Å². The van der Waals surface area contributed by atoms with Crippen LogP contribution in [0.1, 0.15) is 30.2 Å². The molecule has 0 spiro atoms. The number of esters is 1. The summed E-state index contributed by atoms with van der Waals surface area (Å²) in [5, 5.41) is 2.80. The molecule has 2 aromatic rings. The van der Waals surface area contributed by atoms with Crippen molar-refractivity contribution in [1.82, 2.24) is 0 Å². The zero-order valence-electron chi connectivity index (χ0n) is 14.1. The zero-order valence-corrected chi connectivity index (χ0v) is 16.5. The molecule has 0 aliphatic rings. The number of thioether (sulfide) groups is 1. The minimum absolute atomic E-state index is 0.200. The summed E-state index contributed by atoms with van der Waals surface area (Å²) in [6, 6.07) is 11.4. The number of benzene rings is 1. The summed E-state index contributed by atoms with van der Waals surface area (Å²) < 4.78 is 5.76. The molecule has 0 saturated heterocycles. The van der Waals surface area contributed by atoms with E-state index in [0.717, 1.165) is 20.5 Å². The first kappa shape index (κ1) is 19.8. The van der Waals surface area contributed by atoms with Crippen LogP contribution in [0.5, 0.6) is 0 Å². The highest BCUT2D eigenvalue weighted by molar-refractivity contribution is 7.99. The van der Waals surface area contributed by atoms with Gasteiger partial charge in [-0.05, 0) is 29.7 Å². The molecule has 0 aliphatic heterocycles. The molecule has 4 nitrogen and oxygen atoms in total. The topological polar surface area (TPSA) is 55.4 Å². The Labute approximate surface area is 160 Å². The quantitative estimate of drug-likeness (QED) is 0.641. The summed E-state index contributed by atoms with van der Waals surface area (Å²) in [5.74, 6) is 0.448. The van der Waals surface area contributed by atoms with Gasteiger partial charge < -0.3 is 10.1 Å². The second-order valence-electron chi connectivity index (χ2n) is 5.65. The fraction of sp³-hybridized carbons (Fsp3) is 0.333. The average Bonchev–Trinajstić information content (AvgIpc) is 2.98. The van der Waals surface area contributed by atoms with Gasteiger partial charge in [-0.3, -0.25) is 9.59 Å². The van der Waals surface area contributed by atoms with Crippen LogP contribution in [0.2, 0.25) is 4.34 Å². The maximum absolute atomic E-state index is 12.0. The van der Waals surface area contributed by atoms with E-state index in [2.05, 4.69) is 19.2 Å². The van der Waals surface area contributed by atoms with Crippen molar-refractivity contribution in [1.29, 1.82) is 0 Å². The molecule has 0 aliphatic carbocycles. The number of nitrogens with one attached hydrogen (secondary N) is 1. The predicted octanol–water partition coefficient (Wildman–Crippen LogP) is 4.94. The second-order valence-corrected chi connectivity index (χ2v) is 8.43. The van der Waals surface area contributed by atoms with E-state index < -0.39 is 5.97 Å². The molecule has 7 heteroatoms. The Hall–Kier alpha value is -1.50. The van der Waals surface area contributed by atoms with Gasteiger partial charge in [0.15, 0.2) is 6.61 Å². The molecule has 1 aromatic carbocycles. The van der Waals surface area contributed by atoms with Crippen LogP contribution in [0.3, 0.4) is 0 Å². The Balaban J connectivity index is 1.71. The summed E-state index contributed by atoms with van der Waals surface area (Å²) >= 11 is 8.78. The van der Waals surface area contributed by atoms with E-state index in [1.165, 1.54) is 23.1 Å². The van der Waals surface area contributed by atoms with E-state index in [4.69, 9.17) is 16.3 Å². The highest BCUT2D eigenvalue weighted by atomic mass is 35.5. The highest BCUT2D eigenvalue weighted by Gasteiger charge is 2.11. The molecule has 0 saturated carbocycles. The lowest BCUT2D eigenvalue weighted by atomic mass is 10.0. The van der Waals surface area contributed by atoms with E-state index in [0.29, 0.717) is 11.7 Å². The van der Waals surface area contributed by atoms with Crippen molar-refractivity contribution in [3.05, 3.63) is 51.2 Å². The first-order valence-corrected chi connectivity index (χ1v) is 10.2. The summed E-state index contributed by atoms with van der Waals surface area (Å²) in [6.07, 6.45) is 0. The second kappa shape index (κ2) is 9.85. The molecule has 1 aromatic heterocycles.